The minimum Gasteiger partial charge on any atom is -0.444 e. The highest BCUT2D eigenvalue weighted by molar-refractivity contribution is 5.95. The molecule has 2 aliphatic heterocycles. The van der Waals surface area contributed by atoms with E-state index in [9.17, 15) is 14.4 Å². The Bertz CT molecular complexity index is 885. The monoisotopic (exact) mass is 456 g/mol. The van der Waals surface area contributed by atoms with Gasteiger partial charge in [0.05, 0.1) is 5.92 Å². The lowest BCUT2D eigenvalue weighted by Gasteiger charge is -2.36. The van der Waals surface area contributed by atoms with Crippen LogP contribution in [-0.2, 0) is 9.53 Å². The number of nitrogens with zero attached hydrogens (tertiary/aromatic N) is 3. The maximum absolute atomic E-state index is 13.1. The van der Waals surface area contributed by atoms with E-state index < -0.39 is 5.60 Å². The van der Waals surface area contributed by atoms with E-state index in [2.05, 4.69) is 10.2 Å². The highest BCUT2D eigenvalue weighted by atomic mass is 16.6. The summed E-state index contributed by atoms with van der Waals surface area (Å²) < 4.78 is 5.44. The van der Waals surface area contributed by atoms with Gasteiger partial charge >= 0.3 is 6.09 Å². The Morgan fingerprint density at radius 2 is 1.67 bits per heavy atom. The van der Waals surface area contributed by atoms with Gasteiger partial charge in [0, 0.05) is 56.6 Å². The van der Waals surface area contributed by atoms with Gasteiger partial charge < -0.3 is 24.8 Å². The topological polar surface area (TPSA) is 82.2 Å². The van der Waals surface area contributed by atoms with Crippen LogP contribution in [0.2, 0.25) is 0 Å². The lowest BCUT2D eigenvalue weighted by atomic mass is 9.96. The molecule has 8 heteroatoms. The molecule has 0 unspecified atom stereocenters. The number of carbonyl (C=O) groups excluding carboxylic acids is 3. The van der Waals surface area contributed by atoms with E-state index in [0.29, 0.717) is 44.3 Å². The predicted octanol–water partition coefficient (Wildman–Crippen LogP) is 2.87. The van der Waals surface area contributed by atoms with Crippen molar-refractivity contribution in [2.75, 3.05) is 44.2 Å². The zero-order chi connectivity index (χ0) is 23.6. The van der Waals surface area contributed by atoms with Gasteiger partial charge in [0.2, 0.25) is 5.91 Å². The summed E-state index contributed by atoms with van der Waals surface area (Å²) in [6.45, 7) is 9.01. The molecular formula is C25H36N4O4. The fourth-order valence-electron chi connectivity index (χ4n) is 4.41. The molecule has 4 rings (SSSR count). The second-order valence-electron chi connectivity index (χ2n) is 10.4. The van der Waals surface area contributed by atoms with Crippen molar-refractivity contribution in [3.8, 4) is 0 Å². The summed E-state index contributed by atoms with van der Waals surface area (Å²) >= 11 is 0. The first-order chi connectivity index (χ1) is 15.7. The zero-order valence-corrected chi connectivity index (χ0v) is 20.0. The molecule has 8 nitrogen and oxygen atoms in total. The Morgan fingerprint density at radius 1 is 0.970 bits per heavy atom. The van der Waals surface area contributed by atoms with Gasteiger partial charge in [0.25, 0.3) is 5.91 Å². The highest BCUT2D eigenvalue weighted by Crippen LogP contribution is 2.26. The molecule has 180 valence electrons. The number of carbonyl (C=O) groups is 3. The molecule has 3 fully saturated rings. The van der Waals surface area contributed by atoms with Crippen LogP contribution in [-0.4, -0.2) is 78.6 Å². The highest BCUT2D eigenvalue weighted by Gasteiger charge is 2.31. The molecule has 3 aliphatic rings. The molecule has 0 aromatic heterocycles. The van der Waals surface area contributed by atoms with Gasteiger partial charge in [-0.1, -0.05) is 6.07 Å². The molecule has 3 amide bonds. The summed E-state index contributed by atoms with van der Waals surface area (Å²) in [4.78, 5) is 43.6. The molecule has 1 N–H and O–H groups in total. The van der Waals surface area contributed by atoms with Crippen LogP contribution in [0.3, 0.4) is 0 Å². The van der Waals surface area contributed by atoms with Crippen LogP contribution in [0.25, 0.3) is 0 Å². The van der Waals surface area contributed by atoms with Crippen LogP contribution < -0.4 is 10.2 Å². The molecule has 1 saturated carbocycles. The first-order valence-electron chi connectivity index (χ1n) is 12.1. The molecule has 1 aromatic carbocycles. The summed E-state index contributed by atoms with van der Waals surface area (Å²) in [5, 5.41) is 3.13. The number of amides is 3. The van der Waals surface area contributed by atoms with Crippen LogP contribution in [0.5, 0.6) is 0 Å². The van der Waals surface area contributed by atoms with E-state index in [1.54, 1.807) is 9.80 Å². The van der Waals surface area contributed by atoms with E-state index in [0.717, 1.165) is 37.9 Å². The molecule has 1 aromatic rings. The van der Waals surface area contributed by atoms with Crippen LogP contribution in [0.1, 0.15) is 56.8 Å². The number of hydrogen-bond acceptors (Lipinski definition) is 5. The number of piperidine rings is 1. The Kier molecular flexibility index (Phi) is 6.81. The second-order valence-corrected chi connectivity index (χ2v) is 10.4. The lowest BCUT2D eigenvalue weighted by Crippen LogP contribution is -2.51. The van der Waals surface area contributed by atoms with Gasteiger partial charge in [-0.05, 0) is 64.7 Å². The van der Waals surface area contributed by atoms with E-state index in [4.69, 9.17) is 4.74 Å². The van der Waals surface area contributed by atoms with Gasteiger partial charge in [0.15, 0.2) is 0 Å². The number of anilines is 1. The third-order valence-electron chi connectivity index (χ3n) is 6.39. The average molecular weight is 457 g/mol. The van der Waals surface area contributed by atoms with Crippen LogP contribution in [0, 0.1) is 5.92 Å². The van der Waals surface area contributed by atoms with E-state index in [1.165, 1.54) is 0 Å². The largest absolute Gasteiger partial charge is 0.444 e. The summed E-state index contributed by atoms with van der Waals surface area (Å²) in [5.74, 6) is 0.137. The number of nitrogens with one attached hydrogen (secondary N) is 1. The molecule has 1 atom stereocenters. The Balaban J connectivity index is 1.34. The van der Waals surface area contributed by atoms with E-state index in [1.807, 2.05) is 45.0 Å². The minimum atomic E-state index is -0.531. The first-order valence-corrected chi connectivity index (χ1v) is 12.1. The second kappa shape index (κ2) is 9.61. The van der Waals surface area contributed by atoms with Crippen LogP contribution in [0.4, 0.5) is 10.5 Å². The molecule has 2 heterocycles. The summed E-state index contributed by atoms with van der Waals surface area (Å²) in [6.07, 6.45) is 3.74. The van der Waals surface area contributed by atoms with Crippen molar-refractivity contribution in [3.63, 3.8) is 0 Å². The van der Waals surface area contributed by atoms with Crippen molar-refractivity contribution < 1.29 is 19.1 Å². The van der Waals surface area contributed by atoms with Gasteiger partial charge in [0.1, 0.15) is 5.60 Å². The minimum absolute atomic E-state index is 0.000334. The first kappa shape index (κ1) is 23.4. The van der Waals surface area contributed by atoms with Gasteiger partial charge in [-0.2, -0.15) is 0 Å². The number of benzene rings is 1. The molecule has 0 bridgehead atoms. The fraction of sp³-hybridized carbons (Fsp3) is 0.640. The fourth-order valence-corrected chi connectivity index (χ4v) is 4.41. The van der Waals surface area contributed by atoms with Gasteiger partial charge in [-0.3, -0.25) is 9.59 Å². The van der Waals surface area contributed by atoms with Crippen molar-refractivity contribution in [2.24, 2.45) is 5.92 Å². The number of piperazine rings is 1. The van der Waals surface area contributed by atoms with Crippen molar-refractivity contribution in [2.45, 2.75) is 58.1 Å². The summed E-state index contributed by atoms with van der Waals surface area (Å²) in [5.41, 5.74) is 1.09. The quantitative estimate of drug-likeness (QED) is 0.753. The number of rotatable bonds is 4. The van der Waals surface area contributed by atoms with E-state index >= 15 is 0 Å². The normalized spacial score (nSPS) is 21.5. The van der Waals surface area contributed by atoms with Gasteiger partial charge in [-0.15, -0.1) is 0 Å². The van der Waals surface area contributed by atoms with E-state index in [-0.39, 0.29) is 23.8 Å². The summed E-state index contributed by atoms with van der Waals surface area (Å²) in [6, 6.07) is 8.08. The molecule has 0 radical (unpaired) electrons. The van der Waals surface area contributed by atoms with Gasteiger partial charge in [-0.25, -0.2) is 4.79 Å². The SMILES string of the molecule is CC(C)(C)OC(=O)N1CCN(C(=O)c2cccc(N3CCC[C@@H](C(=O)NC4CC4)C3)c2)CC1. The molecule has 2 saturated heterocycles. The molecule has 33 heavy (non-hydrogen) atoms. The third-order valence-corrected chi connectivity index (χ3v) is 6.39. The summed E-state index contributed by atoms with van der Waals surface area (Å²) in [7, 11) is 0. The van der Waals surface area contributed by atoms with Crippen molar-refractivity contribution in [3.05, 3.63) is 29.8 Å². The molecule has 0 spiro atoms. The Labute approximate surface area is 196 Å². The smallest absolute Gasteiger partial charge is 0.410 e. The predicted molar refractivity (Wildman–Crippen MR) is 126 cm³/mol. The zero-order valence-electron chi connectivity index (χ0n) is 20.0. The Hall–Kier alpha value is -2.77. The molecule has 1 aliphatic carbocycles. The van der Waals surface area contributed by atoms with Crippen molar-refractivity contribution >= 4 is 23.6 Å². The average Bonchev–Trinajstić information content (AvgIpc) is 3.62. The third kappa shape index (κ3) is 6.18. The molecular weight excluding hydrogens is 420 g/mol. The maximum Gasteiger partial charge on any atom is 0.410 e. The van der Waals surface area contributed by atoms with Crippen molar-refractivity contribution in [1.82, 2.24) is 15.1 Å². The number of ether oxygens (including phenoxy) is 1. The Morgan fingerprint density at radius 3 is 2.33 bits per heavy atom. The van der Waals surface area contributed by atoms with Crippen molar-refractivity contribution in [1.29, 1.82) is 0 Å². The van der Waals surface area contributed by atoms with Crippen LogP contribution >= 0.6 is 0 Å². The number of hydrogen-bond donors (Lipinski definition) is 1. The van der Waals surface area contributed by atoms with Crippen LogP contribution in [0.15, 0.2) is 24.3 Å². The lowest BCUT2D eigenvalue weighted by molar-refractivity contribution is -0.125. The standard InChI is InChI=1S/C25H36N4O4/c1-25(2,3)33-24(32)28-14-12-27(13-15-28)23(31)18-6-4-8-21(16-18)29-11-5-7-19(17-29)22(30)26-20-9-10-20/h4,6,8,16,19-20H,5,7,9-15,17H2,1-3H3,(H,26,30)/t19-/m1/s1. The maximum atomic E-state index is 13.1.